The Kier molecular flexibility index (Phi) is 5.10. The van der Waals surface area contributed by atoms with Gasteiger partial charge in [-0.25, -0.2) is 14.5 Å². The number of benzene rings is 3. The van der Waals surface area contributed by atoms with E-state index in [0.29, 0.717) is 34.6 Å². The first-order valence-electron chi connectivity index (χ1n) is 11.2. The monoisotopic (exact) mass is 482 g/mol. The van der Waals surface area contributed by atoms with Crippen molar-refractivity contribution < 1.29 is 24.1 Å². The van der Waals surface area contributed by atoms with Crippen LogP contribution in [0.4, 0.5) is 0 Å². The van der Waals surface area contributed by atoms with Gasteiger partial charge in [0.05, 0.1) is 26.9 Å². The highest BCUT2D eigenvalue weighted by atomic mass is 16.5. The Hall–Kier alpha value is -4.79. The molecule has 0 radical (unpaired) electrons. The van der Waals surface area contributed by atoms with Gasteiger partial charge in [0.25, 0.3) is 0 Å². The number of phenols is 1. The quantitative estimate of drug-likeness (QED) is 0.374. The largest absolute Gasteiger partial charge is 0.508 e. The maximum Gasteiger partial charge on any atom is 0.228 e. The van der Waals surface area contributed by atoms with Gasteiger partial charge in [0.1, 0.15) is 23.6 Å². The number of fused-ring (bicyclic) bond motifs is 4. The summed E-state index contributed by atoms with van der Waals surface area (Å²) in [6, 6.07) is 18.5. The predicted molar refractivity (Wildman–Crippen MR) is 131 cm³/mol. The molecule has 0 amide bonds. The molecule has 0 bridgehead atoms. The minimum atomic E-state index is -0.256. The summed E-state index contributed by atoms with van der Waals surface area (Å²) >= 11 is 0. The van der Waals surface area contributed by atoms with Crippen LogP contribution in [-0.2, 0) is 0 Å². The molecule has 180 valence electrons. The van der Waals surface area contributed by atoms with Crippen LogP contribution in [0, 0.1) is 0 Å². The smallest absolute Gasteiger partial charge is 0.228 e. The lowest BCUT2D eigenvalue weighted by atomic mass is 9.84. The summed E-state index contributed by atoms with van der Waals surface area (Å²) in [4.78, 5) is 9.43. The van der Waals surface area contributed by atoms with Crippen molar-refractivity contribution in [2.45, 2.75) is 5.92 Å². The zero-order valence-electron chi connectivity index (χ0n) is 19.8. The van der Waals surface area contributed by atoms with Crippen molar-refractivity contribution >= 4 is 5.65 Å². The predicted octanol–water partition coefficient (Wildman–Crippen LogP) is 4.81. The van der Waals surface area contributed by atoms with Gasteiger partial charge in [0.15, 0.2) is 23.0 Å². The second-order valence-corrected chi connectivity index (χ2v) is 8.27. The Bertz CT molecular complexity index is 1600. The fourth-order valence-electron chi connectivity index (χ4n) is 4.54. The molecule has 5 aromatic rings. The SMILES string of the molecule is COc1ccc([C@H]2c3ccc(O)cc3Oc3ncn4nc(-c5ccc(OC)c(OC)c5)nc4c32)cc1. The Balaban J connectivity index is 1.55. The lowest BCUT2D eigenvalue weighted by Crippen LogP contribution is -2.15. The summed E-state index contributed by atoms with van der Waals surface area (Å²) in [5.41, 5.74) is 4.05. The van der Waals surface area contributed by atoms with E-state index in [1.807, 2.05) is 48.5 Å². The molecule has 2 aromatic heterocycles. The molecule has 36 heavy (non-hydrogen) atoms. The van der Waals surface area contributed by atoms with Crippen LogP contribution in [0.5, 0.6) is 34.6 Å². The van der Waals surface area contributed by atoms with E-state index in [-0.39, 0.29) is 11.7 Å². The number of nitrogens with zero attached hydrogens (tertiary/aromatic N) is 4. The third-order valence-corrected chi connectivity index (χ3v) is 6.28. The summed E-state index contributed by atoms with van der Waals surface area (Å²) in [5.74, 6) is 3.29. The Labute approximate surface area is 206 Å². The topological polar surface area (TPSA) is 100 Å². The lowest BCUT2D eigenvalue weighted by Gasteiger charge is -2.28. The molecule has 1 aliphatic rings. The molecular weight excluding hydrogens is 460 g/mol. The first-order chi connectivity index (χ1) is 17.6. The molecule has 1 N–H and O–H groups in total. The van der Waals surface area contributed by atoms with E-state index in [1.54, 1.807) is 44.3 Å². The van der Waals surface area contributed by atoms with Crippen LogP contribution in [0.25, 0.3) is 17.0 Å². The van der Waals surface area contributed by atoms with Crippen LogP contribution in [0.1, 0.15) is 22.6 Å². The summed E-state index contributed by atoms with van der Waals surface area (Å²) in [6.45, 7) is 0. The second kappa shape index (κ2) is 8.46. The summed E-state index contributed by atoms with van der Waals surface area (Å²) in [5, 5.41) is 14.8. The van der Waals surface area contributed by atoms with Gasteiger partial charge in [0, 0.05) is 23.1 Å². The third kappa shape index (κ3) is 3.44. The van der Waals surface area contributed by atoms with E-state index in [1.165, 1.54) is 0 Å². The first kappa shape index (κ1) is 21.7. The highest BCUT2D eigenvalue weighted by molar-refractivity contribution is 5.69. The normalized spacial score (nSPS) is 14.0. The van der Waals surface area contributed by atoms with Crippen LogP contribution < -0.4 is 18.9 Å². The van der Waals surface area contributed by atoms with E-state index in [0.717, 1.165) is 28.0 Å². The van der Waals surface area contributed by atoms with Gasteiger partial charge in [-0.2, -0.15) is 0 Å². The molecule has 9 heteroatoms. The van der Waals surface area contributed by atoms with Crippen molar-refractivity contribution in [2.24, 2.45) is 0 Å². The Morgan fingerprint density at radius 1 is 0.889 bits per heavy atom. The van der Waals surface area contributed by atoms with Gasteiger partial charge in [0.2, 0.25) is 5.88 Å². The van der Waals surface area contributed by atoms with Crippen LogP contribution >= 0.6 is 0 Å². The van der Waals surface area contributed by atoms with Gasteiger partial charge < -0.3 is 24.1 Å². The number of aromatic nitrogens is 4. The zero-order chi connectivity index (χ0) is 24.8. The van der Waals surface area contributed by atoms with E-state index >= 15 is 0 Å². The fraction of sp³-hybridized carbons (Fsp3) is 0.148. The maximum absolute atomic E-state index is 10.1. The molecule has 0 saturated carbocycles. The van der Waals surface area contributed by atoms with Crippen molar-refractivity contribution in [1.29, 1.82) is 0 Å². The van der Waals surface area contributed by atoms with E-state index in [2.05, 4.69) is 10.1 Å². The maximum atomic E-state index is 10.1. The molecular formula is C27H22N4O5. The average Bonchev–Trinajstić information content (AvgIpc) is 3.36. The molecule has 1 aliphatic heterocycles. The minimum Gasteiger partial charge on any atom is -0.508 e. The van der Waals surface area contributed by atoms with Crippen molar-refractivity contribution in [3.8, 4) is 46.0 Å². The van der Waals surface area contributed by atoms with Gasteiger partial charge in [-0.1, -0.05) is 18.2 Å². The standard InChI is InChI=1S/C27H22N4O5/c1-33-18-8-4-15(5-9-18)23-19-10-7-17(32)13-21(19)36-27-24(23)26-29-25(30-31(26)14-28-27)16-6-11-20(34-2)22(12-16)35-3/h4-14,23,32H,1-3H3/t23-/m0/s1. The van der Waals surface area contributed by atoms with Gasteiger partial charge >= 0.3 is 0 Å². The van der Waals surface area contributed by atoms with Crippen LogP contribution in [0.3, 0.4) is 0 Å². The number of methoxy groups -OCH3 is 3. The number of phenolic OH excluding ortho intramolecular Hbond substituents is 1. The van der Waals surface area contributed by atoms with Gasteiger partial charge in [-0.05, 0) is 42.0 Å². The molecule has 0 unspecified atom stereocenters. The van der Waals surface area contributed by atoms with Crippen LogP contribution in [0.15, 0.2) is 67.0 Å². The molecule has 6 rings (SSSR count). The number of ether oxygens (including phenoxy) is 4. The highest BCUT2D eigenvalue weighted by Crippen LogP contribution is 2.49. The summed E-state index contributed by atoms with van der Waals surface area (Å²) in [6.07, 6.45) is 1.57. The van der Waals surface area contributed by atoms with Crippen molar-refractivity contribution in [2.75, 3.05) is 21.3 Å². The molecule has 0 aliphatic carbocycles. The molecule has 1 atom stereocenters. The number of hydrogen-bond donors (Lipinski definition) is 1. The lowest BCUT2D eigenvalue weighted by molar-refractivity contribution is 0.355. The summed E-state index contributed by atoms with van der Waals surface area (Å²) in [7, 11) is 4.82. The van der Waals surface area contributed by atoms with Gasteiger partial charge in [-0.15, -0.1) is 5.10 Å². The molecule has 3 aromatic carbocycles. The van der Waals surface area contributed by atoms with Crippen LogP contribution in [0.2, 0.25) is 0 Å². The van der Waals surface area contributed by atoms with Crippen LogP contribution in [-0.4, -0.2) is 46.0 Å². The Morgan fingerprint density at radius 3 is 2.44 bits per heavy atom. The molecule has 9 nitrogen and oxygen atoms in total. The number of hydrogen-bond acceptors (Lipinski definition) is 8. The first-order valence-corrected chi connectivity index (χ1v) is 11.2. The number of aromatic hydroxyl groups is 1. The van der Waals surface area contributed by atoms with Crippen molar-refractivity contribution in [3.63, 3.8) is 0 Å². The second-order valence-electron chi connectivity index (χ2n) is 8.27. The summed E-state index contributed by atoms with van der Waals surface area (Å²) < 4.78 is 23.9. The molecule has 3 heterocycles. The third-order valence-electron chi connectivity index (χ3n) is 6.28. The van der Waals surface area contributed by atoms with Gasteiger partial charge in [-0.3, -0.25) is 0 Å². The van der Waals surface area contributed by atoms with Crippen molar-refractivity contribution in [1.82, 2.24) is 19.6 Å². The Morgan fingerprint density at radius 2 is 1.69 bits per heavy atom. The van der Waals surface area contributed by atoms with E-state index in [4.69, 9.17) is 23.9 Å². The van der Waals surface area contributed by atoms with Crippen molar-refractivity contribution in [3.05, 3.63) is 83.7 Å². The molecule has 0 saturated heterocycles. The highest BCUT2D eigenvalue weighted by Gasteiger charge is 2.33. The number of rotatable bonds is 5. The fourth-order valence-corrected chi connectivity index (χ4v) is 4.54. The molecule has 0 spiro atoms. The van der Waals surface area contributed by atoms with E-state index in [9.17, 15) is 5.11 Å². The molecule has 0 fully saturated rings. The minimum absolute atomic E-state index is 0.116. The zero-order valence-corrected chi connectivity index (χ0v) is 19.8. The van der Waals surface area contributed by atoms with E-state index < -0.39 is 0 Å². The average molecular weight is 482 g/mol.